The molecule has 1 N–H and O–H groups in total. The predicted molar refractivity (Wildman–Crippen MR) is 67.0 cm³/mol. The molecule has 0 aliphatic heterocycles. The van der Waals surface area contributed by atoms with Crippen LogP contribution in [0, 0.1) is 12.7 Å². The summed E-state index contributed by atoms with van der Waals surface area (Å²) in [5.41, 5.74) is 2.95. The van der Waals surface area contributed by atoms with Gasteiger partial charge in [0.2, 0.25) is 0 Å². The van der Waals surface area contributed by atoms with Crippen molar-refractivity contribution >= 4 is 0 Å². The largest absolute Gasteiger partial charge is 0.313 e. The highest BCUT2D eigenvalue weighted by Crippen LogP contribution is 2.24. The van der Waals surface area contributed by atoms with Gasteiger partial charge in [-0.3, -0.25) is 0 Å². The maximum Gasteiger partial charge on any atom is 0.128 e. The van der Waals surface area contributed by atoms with E-state index in [9.17, 15) is 4.39 Å². The van der Waals surface area contributed by atoms with Crippen LogP contribution in [0.2, 0.25) is 0 Å². The average Bonchev–Trinajstić information content (AvgIpc) is 2.29. The van der Waals surface area contributed by atoms with Crippen LogP contribution < -0.4 is 5.32 Å². The van der Waals surface area contributed by atoms with E-state index in [1.807, 2.05) is 20.0 Å². The Hall–Kier alpha value is -1.15. The number of nitrogens with one attached hydrogen (secondary N) is 1. The topological polar surface area (TPSA) is 12.0 Å². The van der Waals surface area contributed by atoms with Crippen molar-refractivity contribution in [3.8, 4) is 0 Å². The van der Waals surface area contributed by atoms with Crippen LogP contribution in [-0.2, 0) is 0 Å². The molecule has 2 heteroatoms. The summed E-state index contributed by atoms with van der Waals surface area (Å²) in [6.07, 6.45) is 1.72. The van der Waals surface area contributed by atoms with Gasteiger partial charge in [-0.2, -0.15) is 0 Å². The Morgan fingerprint density at radius 1 is 1.50 bits per heavy atom. The molecule has 0 heterocycles. The van der Waals surface area contributed by atoms with Gasteiger partial charge in [-0.25, -0.2) is 4.39 Å². The zero-order valence-electron chi connectivity index (χ0n) is 10.3. The van der Waals surface area contributed by atoms with E-state index in [0.29, 0.717) is 0 Å². The van der Waals surface area contributed by atoms with Gasteiger partial charge in [-0.1, -0.05) is 36.8 Å². The molecule has 16 heavy (non-hydrogen) atoms. The van der Waals surface area contributed by atoms with Crippen LogP contribution >= 0.6 is 0 Å². The monoisotopic (exact) mass is 221 g/mol. The summed E-state index contributed by atoms with van der Waals surface area (Å²) in [6, 6.07) is 5.25. The van der Waals surface area contributed by atoms with Crippen molar-refractivity contribution in [2.75, 3.05) is 7.05 Å². The molecular formula is C14H20FN. The summed E-state index contributed by atoms with van der Waals surface area (Å²) in [5, 5.41) is 3.15. The van der Waals surface area contributed by atoms with Gasteiger partial charge in [0.05, 0.1) is 0 Å². The van der Waals surface area contributed by atoms with E-state index in [1.165, 1.54) is 6.07 Å². The molecule has 88 valence electrons. The average molecular weight is 221 g/mol. The first kappa shape index (κ1) is 12.9. The Morgan fingerprint density at radius 2 is 2.19 bits per heavy atom. The highest BCUT2D eigenvalue weighted by molar-refractivity contribution is 5.27. The number of hydrogen-bond donors (Lipinski definition) is 1. The highest BCUT2D eigenvalue weighted by atomic mass is 19.1. The summed E-state index contributed by atoms with van der Waals surface area (Å²) >= 11 is 0. The van der Waals surface area contributed by atoms with E-state index in [0.717, 1.165) is 29.5 Å². The molecule has 1 atom stereocenters. The number of hydrogen-bond acceptors (Lipinski definition) is 1. The summed E-state index contributed by atoms with van der Waals surface area (Å²) in [6.45, 7) is 8.02. The number of rotatable bonds is 5. The summed E-state index contributed by atoms with van der Waals surface area (Å²) in [7, 11) is 1.86. The fourth-order valence-corrected chi connectivity index (χ4v) is 1.73. The van der Waals surface area contributed by atoms with E-state index in [-0.39, 0.29) is 11.9 Å². The van der Waals surface area contributed by atoms with E-state index in [4.69, 9.17) is 0 Å². The fraction of sp³-hybridized carbons (Fsp3) is 0.429. The van der Waals surface area contributed by atoms with Crippen molar-refractivity contribution in [3.05, 3.63) is 47.3 Å². The molecule has 0 amide bonds. The molecule has 0 fully saturated rings. The fourth-order valence-electron chi connectivity index (χ4n) is 1.73. The zero-order chi connectivity index (χ0) is 12.1. The lowest BCUT2D eigenvalue weighted by molar-refractivity contribution is 0.529. The van der Waals surface area contributed by atoms with Crippen LogP contribution in [0.3, 0.4) is 0 Å². The zero-order valence-corrected chi connectivity index (χ0v) is 10.3. The molecule has 1 nitrogen and oxygen atoms in total. The molecule has 0 bridgehead atoms. The molecule has 1 unspecified atom stereocenters. The Morgan fingerprint density at radius 3 is 2.75 bits per heavy atom. The van der Waals surface area contributed by atoms with Crippen molar-refractivity contribution in [1.29, 1.82) is 0 Å². The van der Waals surface area contributed by atoms with E-state index in [2.05, 4.69) is 18.8 Å². The van der Waals surface area contributed by atoms with E-state index < -0.39 is 0 Å². The minimum atomic E-state index is -0.145. The van der Waals surface area contributed by atoms with Crippen LogP contribution in [0.15, 0.2) is 30.4 Å². The third-order valence-corrected chi connectivity index (χ3v) is 2.87. The van der Waals surface area contributed by atoms with Gasteiger partial charge in [0, 0.05) is 11.6 Å². The third-order valence-electron chi connectivity index (χ3n) is 2.87. The van der Waals surface area contributed by atoms with Crippen LogP contribution in [0.1, 0.15) is 36.9 Å². The predicted octanol–water partition coefficient (Wildman–Crippen LogP) is 3.75. The normalized spacial score (nSPS) is 12.5. The summed E-state index contributed by atoms with van der Waals surface area (Å²) < 4.78 is 13.7. The Kier molecular flexibility index (Phi) is 4.69. The second-order valence-corrected chi connectivity index (χ2v) is 4.17. The molecule has 0 aliphatic rings. The van der Waals surface area contributed by atoms with Crippen molar-refractivity contribution in [2.24, 2.45) is 0 Å². The first-order valence-corrected chi connectivity index (χ1v) is 5.68. The van der Waals surface area contributed by atoms with Crippen molar-refractivity contribution in [2.45, 2.75) is 32.7 Å². The minimum absolute atomic E-state index is 0.0207. The molecule has 0 radical (unpaired) electrons. The standard InChI is InChI=1S/C14H20FN/c1-5-10(2)9-14(16-4)12-8-11(3)6-7-13(12)15/h6-8,14,16H,2,5,9H2,1,3-4H3. The Bertz CT molecular complexity index is 371. The van der Waals surface area contributed by atoms with Crippen LogP contribution in [-0.4, -0.2) is 7.05 Å². The maximum absolute atomic E-state index is 13.7. The van der Waals surface area contributed by atoms with Crippen molar-refractivity contribution < 1.29 is 4.39 Å². The quantitative estimate of drug-likeness (QED) is 0.747. The molecule has 1 rings (SSSR count). The van der Waals surface area contributed by atoms with Crippen LogP contribution in [0.5, 0.6) is 0 Å². The van der Waals surface area contributed by atoms with E-state index in [1.54, 1.807) is 6.07 Å². The van der Waals surface area contributed by atoms with Crippen molar-refractivity contribution in [3.63, 3.8) is 0 Å². The second-order valence-electron chi connectivity index (χ2n) is 4.17. The Labute approximate surface area is 97.4 Å². The lowest BCUT2D eigenvalue weighted by Crippen LogP contribution is -2.18. The highest BCUT2D eigenvalue weighted by Gasteiger charge is 2.14. The lowest BCUT2D eigenvalue weighted by Gasteiger charge is -2.18. The van der Waals surface area contributed by atoms with Gasteiger partial charge < -0.3 is 5.32 Å². The molecule has 0 spiro atoms. The van der Waals surface area contributed by atoms with Gasteiger partial charge in [-0.15, -0.1) is 0 Å². The minimum Gasteiger partial charge on any atom is -0.313 e. The molecular weight excluding hydrogens is 201 g/mol. The molecule has 0 saturated carbocycles. The van der Waals surface area contributed by atoms with Gasteiger partial charge in [0.15, 0.2) is 0 Å². The van der Waals surface area contributed by atoms with Gasteiger partial charge in [0.25, 0.3) is 0 Å². The van der Waals surface area contributed by atoms with Gasteiger partial charge >= 0.3 is 0 Å². The molecule has 1 aromatic rings. The number of halogens is 1. The van der Waals surface area contributed by atoms with Gasteiger partial charge in [0.1, 0.15) is 5.82 Å². The second kappa shape index (κ2) is 5.80. The Balaban J connectivity index is 2.94. The summed E-state index contributed by atoms with van der Waals surface area (Å²) in [4.78, 5) is 0. The van der Waals surface area contributed by atoms with E-state index >= 15 is 0 Å². The molecule has 0 aromatic heterocycles. The molecule has 0 aliphatic carbocycles. The van der Waals surface area contributed by atoms with Gasteiger partial charge in [-0.05, 0) is 32.9 Å². The van der Waals surface area contributed by atoms with Crippen LogP contribution in [0.25, 0.3) is 0 Å². The van der Waals surface area contributed by atoms with Crippen LogP contribution in [0.4, 0.5) is 4.39 Å². The van der Waals surface area contributed by atoms with Crippen molar-refractivity contribution in [1.82, 2.24) is 5.32 Å². The number of aryl methyl sites for hydroxylation is 1. The lowest BCUT2D eigenvalue weighted by atomic mass is 9.97. The number of benzene rings is 1. The molecule has 1 aromatic carbocycles. The molecule has 0 saturated heterocycles. The SMILES string of the molecule is C=C(CC)CC(NC)c1cc(C)ccc1F. The third kappa shape index (κ3) is 3.17. The smallest absolute Gasteiger partial charge is 0.128 e. The summed E-state index contributed by atoms with van der Waals surface area (Å²) in [5.74, 6) is -0.145. The maximum atomic E-state index is 13.7. The first-order chi connectivity index (χ1) is 7.58. The first-order valence-electron chi connectivity index (χ1n) is 5.68.